The number of nitrogens with one attached hydrogen (secondary N) is 1. The van der Waals surface area contributed by atoms with Crippen molar-refractivity contribution in [1.82, 2.24) is 15.1 Å². The molecule has 2 unspecified atom stereocenters. The molecule has 112 valence electrons. The molecule has 2 atom stereocenters. The van der Waals surface area contributed by atoms with E-state index in [1.165, 1.54) is 71.4 Å². The van der Waals surface area contributed by atoms with Crippen LogP contribution in [0.4, 0.5) is 0 Å². The van der Waals surface area contributed by atoms with Gasteiger partial charge >= 0.3 is 0 Å². The summed E-state index contributed by atoms with van der Waals surface area (Å²) in [5, 5.41) is 3.75. The van der Waals surface area contributed by atoms with E-state index >= 15 is 0 Å². The molecule has 0 amide bonds. The van der Waals surface area contributed by atoms with Gasteiger partial charge in [-0.3, -0.25) is 0 Å². The van der Waals surface area contributed by atoms with Gasteiger partial charge in [-0.05, 0) is 31.8 Å². The zero-order valence-corrected chi connectivity index (χ0v) is 13.0. The predicted molar refractivity (Wildman–Crippen MR) is 82.6 cm³/mol. The van der Waals surface area contributed by atoms with Crippen LogP contribution < -0.4 is 5.32 Å². The minimum atomic E-state index is 0.775. The van der Waals surface area contributed by atoms with Crippen LogP contribution in [-0.2, 0) is 0 Å². The molecule has 1 aliphatic heterocycles. The van der Waals surface area contributed by atoms with E-state index in [0.717, 1.165) is 18.5 Å². The van der Waals surface area contributed by atoms with Crippen LogP contribution in [0.1, 0.15) is 46.0 Å². The highest BCUT2D eigenvalue weighted by molar-refractivity contribution is 4.83. The highest BCUT2D eigenvalue weighted by Gasteiger charge is 2.26. The van der Waals surface area contributed by atoms with Crippen LogP contribution in [0.2, 0.25) is 0 Å². The molecule has 0 radical (unpaired) electrons. The third-order valence-corrected chi connectivity index (χ3v) is 5.03. The van der Waals surface area contributed by atoms with Crippen molar-refractivity contribution in [3.8, 4) is 0 Å². The molecule has 0 bridgehead atoms. The molecule has 3 nitrogen and oxygen atoms in total. The second-order valence-electron chi connectivity index (χ2n) is 6.30. The molecule has 2 fully saturated rings. The Morgan fingerprint density at radius 1 is 0.895 bits per heavy atom. The minimum Gasteiger partial charge on any atom is -0.314 e. The van der Waals surface area contributed by atoms with Crippen molar-refractivity contribution in [2.24, 2.45) is 5.92 Å². The van der Waals surface area contributed by atoms with E-state index in [1.807, 2.05) is 0 Å². The Morgan fingerprint density at radius 2 is 1.58 bits per heavy atom. The number of rotatable bonds is 5. The first-order valence-electron chi connectivity index (χ1n) is 8.51. The lowest BCUT2D eigenvalue weighted by atomic mass is 9.93. The van der Waals surface area contributed by atoms with Crippen LogP contribution in [0.3, 0.4) is 0 Å². The van der Waals surface area contributed by atoms with Crippen LogP contribution in [0, 0.1) is 5.92 Å². The molecular formula is C16H33N3. The normalized spacial score (nSPS) is 31.3. The SMILES string of the molecule is CCNC1CCCCCC1CN1CCN(CC)CC1. The molecule has 1 N–H and O–H groups in total. The van der Waals surface area contributed by atoms with Gasteiger partial charge in [0.25, 0.3) is 0 Å². The van der Waals surface area contributed by atoms with Gasteiger partial charge in [0.1, 0.15) is 0 Å². The average Bonchev–Trinajstić information content (AvgIpc) is 2.66. The summed E-state index contributed by atoms with van der Waals surface area (Å²) < 4.78 is 0. The monoisotopic (exact) mass is 267 g/mol. The van der Waals surface area contributed by atoms with Crippen LogP contribution in [-0.4, -0.2) is 61.7 Å². The maximum atomic E-state index is 3.75. The highest BCUT2D eigenvalue weighted by atomic mass is 15.3. The Morgan fingerprint density at radius 3 is 2.26 bits per heavy atom. The number of likely N-dealkylation sites (N-methyl/N-ethyl adjacent to an activating group) is 1. The summed E-state index contributed by atoms with van der Waals surface area (Å²) in [4.78, 5) is 5.29. The first kappa shape index (κ1) is 15.3. The van der Waals surface area contributed by atoms with Crippen LogP contribution >= 0.6 is 0 Å². The van der Waals surface area contributed by atoms with Gasteiger partial charge in [-0.1, -0.05) is 33.1 Å². The lowest BCUT2D eigenvalue weighted by molar-refractivity contribution is 0.111. The fraction of sp³-hybridized carbons (Fsp3) is 1.00. The van der Waals surface area contributed by atoms with E-state index in [-0.39, 0.29) is 0 Å². The van der Waals surface area contributed by atoms with E-state index in [1.54, 1.807) is 0 Å². The minimum absolute atomic E-state index is 0.775. The van der Waals surface area contributed by atoms with Crippen molar-refractivity contribution in [2.75, 3.05) is 45.8 Å². The van der Waals surface area contributed by atoms with Gasteiger partial charge in [0.2, 0.25) is 0 Å². The van der Waals surface area contributed by atoms with Gasteiger partial charge < -0.3 is 15.1 Å². The summed E-state index contributed by atoms with van der Waals surface area (Å²) in [6.45, 7) is 13.3. The molecule has 2 aliphatic rings. The van der Waals surface area contributed by atoms with Crippen molar-refractivity contribution in [2.45, 2.75) is 52.0 Å². The number of nitrogens with zero attached hydrogens (tertiary/aromatic N) is 2. The molecule has 0 aromatic carbocycles. The van der Waals surface area contributed by atoms with Gasteiger partial charge in [-0.2, -0.15) is 0 Å². The van der Waals surface area contributed by atoms with E-state index < -0.39 is 0 Å². The van der Waals surface area contributed by atoms with Gasteiger partial charge in [0.15, 0.2) is 0 Å². The summed E-state index contributed by atoms with van der Waals surface area (Å²) >= 11 is 0. The summed E-state index contributed by atoms with van der Waals surface area (Å²) in [5.41, 5.74) is 0. The van der Waals surface area contributed by atoms with Crippen molar-refractivity contribution in [1.29, 1.82) is 0 Å². The molecule has 1 saturated carbocycles. The maximum absolute atomic E-state index is 3.75. The molecule has 2 rings (SSSR count). The summed E-state index contributed by atoms with van der Waals surface area (Å²) in [6.07, 6.45) is 7.15. The van der Waals surface area contributed by atoms with E-state index in [4.69, 9.17) is 0 Å². The molecule has 3 heteroatoms. The molecule has 1 heterocycles. The zero-order valence-electron chi connectivity index (χ0n) is 13.0. The standard InChI is InChI=1S/C16H33N3/c1-3-17-16-9-7-5-6-8-15(16)14-19-12-10-18(4-2)11-13-19/h15-17H,3-14H2,1-2H3. The Labute approximate surface area is 119 Å². The van der Waals surface area contributed by atoms with Crippen LogP contribution in [0.25, 0.3) is 0 Å². The van der Waals surface area contributed by atoms with Crippen LogP contribution in [0.5, 0.6) is 0 Å². The van der Waals surface area contributed by atoms with Gasteiger partial charge in [0.05, 0.1) is 0 Å². The van der Waals surface area contributed by atoms with Gasteiger partial charge in [-0.15, -0.1) is 0 Å². The average molecular weight is 267 g/mol. The van der Waals surface area contributed by atoms with E-state index in [0.29, 0.717) is 0 Å². The van der Waals surface area contributed by atoms with Crippen molar-refractivity contribution < 1.29 is 0 Å². The fourth-order valence-corrected chi connectivity index (χ4v) is 3.75. The molecular weight excluding hydrogens is 234 g/mol. The molecule has 0 spiro atoms. The lowest BCUT2D eigenvalue weighted by Gasteiger charge is -2.37. The summed E-state index contributed by atoms with van der Waals surface area (Å²) in [6, 6.07) is 0.775. The maximum Gasteiger partial charge on any atom is 0.0110 e. The first-order chi connectivity index (χ1) is 9.33. The Hall–Kier alpha value is -0.120. The van der Waals surface area contributed by atoms with Gasteiger partial charge in [-0.25, -0.2) is 0 Å². The molecule has 1 saturated heterocycles. The third kappa shape index (κ3) is 4.73. The number of hydrogen-bond acceptors (Lipinski definition) is 3. The van der Waals surface area contributed by atoms with E-state index in [9.17, 15) is 0 Å². The smallest absolute Gasteiger partial charge is 0.0110 e. The van der Waals surface area contributed by atoms with Crippen molar-refractivity contribution >= 4 is 0 Å². The summed E-state index contributed by atoms with van der Waals surface area (Å²) in [7, 11) is 0. The molecule has 0 aromatic heterocycles. The third-order valence-electron chi connectivity index (χ3n) is 5.03. The summed E-state index contributed by atoms with van der Waals surface area (Å²) in [5.74, 6) is 0.885. The zero-order chi connectivity index (χ0) is 13.5. The molecule has 0 aromatic rings. The number of hydrogen-bond donors (Lipinski definition) is 1. The number of piperazine rings is 1. The molecule has 1 aliphatic carbocycles. The Bertz CT molecular complexity index is 236. The predicted octanol–water partition coefficient (Wildman–Crippen LogP) is 2.18. The first-order valence-corrected chi connectivity index (χ1v) is 8.51. The van der Waals surface area contributed by atoms with E-state index in [2.05, 4.69) is 29.0 Å². The second kappa shape index (κ2) is 8.23. The topological polar surface area (TPSA) is 18.5 Å². The Balaban J connectivity index is 1.81. The largest absolute Gasteiger partial charge is 0.314 e. The fourth-order valence-electron chi connectivity index (χ4n) is 3.75. The van der Waals surface area contributed by atoms with Crippen molar-refractivity contribution in [3.63, 3.8) is 0 Å². The highest BCUT2D eigenvalue weighted by Crippen LogP contribution is 2.24. The van der Waals surface area contributed by atoms with Crippen molar-refractivity contribution in [3.05, 3.63) is 0 Å². The van der Waals surface area contributed by atoms with Crippen LogP contribution in [0.15, 0.2) is 0 Å². The quantitative estimate of drug-likeness (QED) is 0.770. The molecule has 19 heavy (non-hydrogen) atoms. The second-order valence-corrected chi connectivity index (χ2v) is 6.30. The lowest BCUT2D eigenvalue weighted by Crippen LogP contribution is -2.50. The van der Waals surface area contributed by atoms with Gasteiger partial charge in [0, 0.05) is 38.8 Å². The Kier molecular flexibility index (Phi) is 6.62.